The Morgan fingerprint density at radius 1 is 1.17 bits per heavy atom. The minimum atomic E-state index is 0.0440. The summed E-state index contributed by atoms with van der Waals surface area (Å²) in [7, 11) is 0. The fraction of sp³-hybridized carbons (Fsp3) is 0.250. The van der Waals surface area contributed by atoms with Crippen LogP contribution in [0.4, 0.5) is 0 Å². The maximum absolute atomic E-state index is 12.3. The van der Waals surface area contributed by atoms with Crippen LogP contribution in [0.1, 0.15) is 22.4 Å². The van der Waals surface area contributed by atoms with Gasteiger partial charge in [-0.1, -0.05) is 35.4 Å². The van der Waals surface area contributed by atoms with Crippen LogP contribution in [0.5, 0.6) is 0 Å². The summed E-state index contributed by atoms with van der Waals surface area (Å²) in [5.41, 5.74) is 5.54. The number of aromatic nitrogens is 1. The molecule has 1 aromatic heterocycles. The van der Waals surface area contributed by atoms with Gasteiger partial charge in [0.2, 0.25) is 5.91 Å². The van der Waals surface area contributed by atoms with Crippen LogP contribution < -0.4 is 5.32 Å². The number of halogens is 1. The number of fused-ring (bicyclic) bond motifs is 1. The molecule has 3 nitrogen and oxygen atoms in total. The second kappa shape index (κ2) is 7.10. The maximum Gasteiger partial charge on any atom is 0.224 e. The first-order valence-corrected chi connectivity index (χ1v) is 8.49. The zero-order valence-corrected chi connectivity index (χ0v) is 14.7. The molecule has 2 aromatic carbocycles. The molecule has 3 rings (SSSR count). The van der Waals surface area contributed by atoms with Crippen molar-refractivity contribution in [3.05, 3.63) is 69.9 Å². The Morgan fingerprint density at radius 2 is 2.00 bits per heavy atom. The molecule has 0 aliphatic rings. The summed E-state index contributed by atoms with van der Waals surface area (Å²) in [5.74, 6) is 0.0440. The van der Waals surface area contributed by atoms with Crippen LogP contribution in [-0.4, -0.2) is 17.4 Å². The molecule has 0 aliphatic carbocycles. The molecule has 124 valence electrons. The summed E-state index contributed by atoms with van der Waals surface area (Å²) in [6, 6.07) is 14.0. The van der Waals surface area contributed by atoms with E-state index in [2.05, 4.69) is 35.4 Å². The second-order valence-electron chi connectivity index (χ2n) is 6.18. The molecule has 0 unspecified atom stereocenters. The van der Waals surface area contributed by atoms with Crippen molar-refractivity contribution in [3.8, 4) is 0 Å². The number of nitrogens with one attached hydrogen (secondary N) is 2. The third-order valence-corrected chi connectivity index (χ3v) is 4.47. The zero-order valence-electron chi connectivity index (χ0n) is 13.9. The molecule has 0 aliphatic heterocycles. The van der Waals surface area contributed by atoms with Gasteiger partial charge in [0.25, 0.3) is 0 Å². The molecule has 3 aromatic rings. The first-order chi connectivity index (χ1) is 11.5. The van der Waals surface area contributed by atoms with Crippen LogP contribution >= 0.6 is 11.6 Å². The number of rotatable bonds is 5. The number of carbonyl (C=O) groups is 1. The summed E-state index contributed by atoms with van der Waals surface area (Å²) >= 11 is 5.98. The fourth-order valence-corrected chi connectivity index (χ4v) is 3.20. The Morgan fingerprint density at radius 3 is 2.79 bits per heavy atom. The number of hydrogen-bond acceptors (Lipinski definition) is 1. The number of hydrogen-bond donors (Lipinski definition) is 2. The third-order valence-electron chi connectivity index (χ3n) is 4.24. The van der Waals surface area contributed by atoms with Gasteiger partial charge in [0.15, 0.2) is 0 Å². The lowest BCUT2D eigenvalue weighted by atomic mass is 10.1. The van der Waals surface area contributed by atoms with Gasteiger partial charge in [-0.25, -0.2) is 0 Å². The van der Waals surface area contributed by atoms with Gasteiger partial charge in [-0.3, -0.25) is 4.79 Å². The van der Waals surface area contributed by atoms with E-state index in [1.54, 1.807) is 0 Å². The third kappa shape index (κ3) is 3.80. The predicted molar refractivity (Wildman–Crippen MR) is 99.6 cm³/mol. The zero-order chi connectivity index (χ0) is 17.1. The fourth-order valence-electron chi connectivity index (χ4n) is 2.99. The number of benzene rings is 2. The quantitative estimate of drug-likeness (QED) is 0.713. The van der Waals surface area contributed by atoms with Crippen molar-refractivity contribution in [1.29, 1.82) is 0 Å². The molecule has 4 heteroatoms. The molecule has 1 heterocycles. The minimum absolute atomic E-state index is 0.0440. The van der Waals surface area contributed by atoms with Crippen molar-refractivity contribution in [1.82, 2.24) is 10.3 Å². The SMILES string of the molecule is Cc1ccc2[nH]c(C)c(CC(=O)NCCc3cccc(Cl)c3)c2c1. The lowest BCUT2D eigenvalue weighted by Gasteiger charge is -2.06. The van der Waals surface area contributed by atoms with E-state index in [0.29, 0.717) is 13.0 Å². The molecule has 24 heavy (non-hydrogen) atoms. The monoisotopic (exact) mass is 340 g/mol. The highest BCUT2D eigenvalue weighted by Gasteiger charge is 2.12. The Kier molecular flexibility index (Phi) is 4.91. The standard InChI is InChI=1S/C20H21ClN2O/c1-13-6-7-19-18(10-13)17(14(2)23-19)12-20(24)22-9-8-15-4-3-5-16(21)11-15/h3-7,10-11,23H,8-9,12H2,1-2H3,(H,22,24). The number of carbonyl (C=O) groups excluding carboxylic acids is 1. The van der Waals surface area contributed by atoms with Gasteiger partial charge in [-0.05, 0) is 55.7 Å². The van der Waals surface area contributed by atoms with Gasteiger partial charge >= 0.3 is 0 Å². The summed E-state index contributed by atoms with van der Waals surface area (Å²) in [5, 5.41) is 4.86. The van der Waals surface area contributed by atoms with Gasteiger partial charge in [-0.15, -0.1) is 0 Å². The number of aryl methyl sites for hydroxylation is 2. The Labute approximate surface area is 147 Å². The van der Waals surface area contributed by atoms with Gasteiger partial charge < -0.3 is 10.3 Å². The molecule has 0 fully saturated rings. The molecule has 0 saturated carbocycles. The molecule has 1 amide bonds. The highest BCUT2D eigenvalue weighted by Crippen LogP contribution is 2.23. The average Bonchev–Trinajstić information content (AvgIpc) is 2.83. The van der Waals surface area contributed by atoms with Crippen molar-refractivity contribution in [2.24, 2.45) is 0 Å². The Bertz CT molecular complexity index is 882. The van der Waals surface area contributed by atoms with E-state index in [1.165, 1.54) is 5.56 Å². The van der Waals surface area contributed by atoms with Crippen LogP contribution in [0.2, 0.25) is 5.02 Å². The molecule has 2 N–H and O–H groups in total. The van der Waals surface area contributed by atoms with E-state index < -0.39 is 0 Å². The van der Waals surface area contributed by atoms with E-state index >= 15 is 0 Å². The smallest absolute Gasteiger partial charge is 0.224 e. The van der Waals surface area contributed by atoms with E-state index in [0.717, 1.165) is 39.2 Å². The Hall–Kier alpha value is -2.26. The first-order valence-electron chi connectivity index (χ1n) is 8.12. The maximum atomic E-state index is 12.3. The van der Waals surface area contributed by atoms with Crippen LogP contribution in [0.25, 0.3) is 10.9 Å². The van der Waals surface area contributed by atoms with Crippen LogP contribution in [0, 0.1) is 13.8 Å². The number of amides is 1. The normalized spacial score (nSPS) is 11.0. The second-order valence-corrected chi connectivity index (χ2v) is 6.62. The van der Waals surface area contributed by atoms with Crippen molar-refractivity contribution in [3.63, 3.8) is 0 Å². The molecular weight excluding hydrogens is 320 g/mol. The van der Waals surface area contributed by atoms with E-state index in [9.17, 15) is 4.79 Å². The van der Waals surface area contributed by atoms with Gasteiger partial charge in [0.05, 0.1) is 6.42 Å². The van der Waals surface area contributed by atoms with Gasteiger partial charge in [-0.2, -0.15) is 0 Å². The molecule has 0 saturated heterocycles. The lowest BCUT2D eigenvalue weighted by molar-refractivity contribution is -0.120. The van der Waals surface area contributed by atoms with Crippen molar-refractivity contribution in [2.45, 2.75) is 26.7 Å². The van der Waals surface area contributed by atoms with E-state index in [1.807, 2.05) is 31.2 Å². The summed E-state index contributed by atoms with van der Waals surface area (Å²) < 4.78 is 0. The average molecular weight is 341 g/mol. The molecular formula is C20H21ClN2O. The molecule has 0 radical (unpaired) electrons. The lowest BCUT2D eigenvalue weighted by Crippen LogP contribution is -2.27. The number of H-pyrrole nitrogens is 1. The first kappa shape index (κ1) is 16.6. The highest BCUT2D eigenvalue weighted by atomic mass is 35.5. The van der Waals surface area contributed by atoms with Crippen LogP contribution in [0.3, 0.4) is 0 Å². The summed E-state index contributed by atoms with van der Waals surface area (Å²) in [6.07, 6.45) is 1.17. The highest BCUT2D eigenvalue weighted by molar-refractivity contribution is 6.30. The molecule has 0 spiro atoms. The van der Waals surface area contributed by atoms with Gasteiger partial charge in [0.1, 0.15) is 0 Å². The largest absolute Gasteiger partial charge is 0.358 e. The molecule has 0 atom stereocenters. The van der Waals surface area contributed by atoms with Crippen molar-refractivity contribution < 1.29 is 4.79 Å². The van der Waals surface area contributed by atoms with Crippen LogP contribution in [0.15, 0.2) is 42.5 Å². The van der Waals surface area contributed by atoms with E-state index in [-0.39, 0.29) is 5.91 Å². The van der Waals surface area contributed by atoms with Crippen molar-refractivity contribution >= 4 is 28.4 Å². The van der Waals surface area contributed by atoms with Crippen LogP contribution in [-0.2, 0) is 17.6 Å². The number of aromatic amines is 1. The van der Waals surface area contributed by atoms with Crippen molar-refractivity contribution in [2.75, 3.05) is 6.54 Å². The van der Waals surface area contributed by atoms with Gasteiger partial charge in [0, 0.05) is 28.2 Å². The molecule has 0 bridgehead atoms. The summed E-state index contributed by atoms with van der Waals surface area (Å²) in [4.78, 5) is 15.7. The predicted octanol–water partition coefficient (Wildman–Crippen LogP) is 4.34. The summed E-state index contributed by atoms with van der Waals surface area (Å²) in [6.45, 7) is 4.69. The topological polar surface area (TPSA) is 44.9 Å². The van der Waals surface area contributed by atoms with E-state index in [4.69, 9.17) is 11.6 Å². The Balaban J connectivity index is 1.63. The minimum Gasteiger partial charge on any atom is -0.358 e.